The topological polar surface area (TPSA) is 12.0 Å². The molecule has 0 bridgehead atoms. The number of fused-ring (bicyclic) bond motifs is 1. The Balaban J connectivity index is 2.51. The second-order valence-corrected chi connectivity index (χ2v) is 6.54. The van der Waals surface area contributed by atoms with Crippen molar-refractivity contribution in [2.75, 3.05) is 6.54 Å². The first kappa shape index (κ1) is 16.5. The summed E-state index contributed by atoms with van der Waals surface area (Å²) in [6.07, 6.45) is 3.59. The first-order chi connectivity index (χ1) is 10.2. The van der Waals surface area contributed by atoms with Crippen LogP contribution >= 0.6 is 15.9 Å². The molecule has 2 heteroatoms. The number of hydrogen-bond acceptors (Lipinski definition) is 1. The molecule has 2 aromatic carbocycles. The predicted molar refractivity (Wildman–Crippen MR) is 96.8 cm³/mol. The number of rotatable bonds is 7. The van der Waals surface area contributed by atoms with E-state index in [0.717, 1.165) is 6.54 Å². The number of hydrogen-bond donors (Lipinski definition) is 1. The fourth-order valence-electron chi connectivity index (χ4n) is 3.15. The Morgan fingerprint density at radius 3 is 2.24 bits per heavy atom. The van der Waals surface area contributed by atoms with Crippen LogP contribution in [-0.2, 0) is 0 Å². The Hall–Kier alpha value is -0.860. The maximum absolute atomic E-state index is 3.78. The summed E-state index contributed by atoms with van der Waals surface area (Å²) in [6.45, 7) is 7.91. The lowest BCUT2D eigenvalue weighted by molar-refractivity contribution is 0.343. The third-order valence-corrected chi connectivity index (χ3v) is 5.07. The van der Waals surface area contributed by atoms with Crippen LogP contribution < -0.4 is 5.32 Å². The molecule has 2 aromatic rings. The van der Waals surface area contributed by atoms with Gasteiger partial charge in [0.2, 0.25) is 0 Å². The van der Waals surface area contributed by atoms with Gasteiger partial charge in [0.1, 0.15) is 0 Å². The first-order valence-electron chi connectivity index (χ1n) is 8.13. The van der Waals surface area contributed by atoms with Crippen molar-refractivity contribution in [3.05, 3.63) is 46.4 Å². The van der Waals surface area contributed by atoms with Gasteiger partial charge in [-0.05, 0) is 41.3 Å². The number of halogens is 1. The van der Waals surface area contributed by atoms with Gasteiger partial charge < -0.3 is 5.32 Å². The van der Waals surface area contributed by atoms with E-state index in [4.69, 9.17) is 0 Å². The summed E-state index contributed by atoms with van der Waals surface area (Å²) in [5.74, 6) is 0.682. The highest BCUT2D eigenvalue weighted by Crippen LogP contribution is 2.35. The molecule has 1 N–H and O–H groups in total. The van der Waals surface area contributed by atoms with E-state index in [1.807, 2.05) is 0 Å². The highest BCUT2D eigenvalue weighted by Gasteiger charge is 2.21. The third-order valence-electron chi connectivity index (χ3n) is 4.37. The van der Waals surface area contributed by atoms with E-state index in [1.54, 1.807) is 0 Å². The van der Waals surface area contributed by atoms with Crippen molar-refractivity contribution in [1.82, 2.24) is 5.32 Å². The van der Waals surface area contributed by atoms with Crippen LogP contribution in [0.3, 0.4) is 0 Å². The van der Waals surface area contributed by atoms with E-state index in [2.05, 4.69) is 78.4 Å². The molecule has 0 aliphatic rings. The van der Waals surface area contributed by atoms with Gasteiger partial charge in [-0.2, -0.15) is 0 Å². The zero-order valence-corrected chi connectivity index (χ0v) is 14.9. The first-order valence-corrected chi connectivity index (χ1v) is 8.92. The van der Waals surface area contributed by atoms with E-state index in [-0.39, 0.29) is 0 Å². The fourth-order valence-corrected chi connectivity index (χ4v) is 3.63. The lowest BCUT2D eigenvalue weighted by Gasteiger charge is -2.28. The fraction of sp³-hybridized carbons (Fsp3) is 0.474. The van der Waals surface area contributed by atoms with Crippen LogP contribution in [0.5, 0.6) is 0 Å². The van der Waals surface area contributed by atoms with Gasteiger partial charge in [-0.15, -0.1) is 0 Å². The normalized spacial score (nSPS) is 13.0. The lowest BCUT2D eigenvalue weighted by Crippen LogP contribution is -2.28. The summed E-state index contributed by atoms with van der Waals surface area (Å²) in [7, 11) is 0. The minimum Gasteiger partial charge on any atom is -0.310 e. The van der Waals surface area contributed by atoms with Gasteiger partial charge in [-0.1, -0.05) is 79.9 Å². The molecular weight excluding hydrogens is 322 g/mol. The molecule has 0 amide bonds. The minimum atomic E-state index is 0.443. The van der Waals surface area contributed by atoms with E-state index in [1.165, 1.54) is 40.1 Å². The molecule has 1 nitrogen and oxygen atoms in total. The Kier molecular flexibility index (Phi) is 6.25. The van der Waals surface area contributed by atoms with Gasteiger partial charge in [-0.3, -0.25) is 0 Å². The van der Waals surface area contributed by atoms with Crippen molar-refractivity contribution in [3.8, 4) is 0 Å². The van der Waals surface area contributed by atoms with Crippen LogP contribution in [0.15, 0.2) is 40.9 Å². The molecule has 0 saturated carbocycles. The molecule has 2 rings (SSSR count). The van der Waals surface area contributed by atoms with Crippen molar-refractivity contribution in [2.45, 2.75) is 46.1 Å². The molecule has 0 spiro atoms. The van der Waals surface area contributed by atoms with Crippen molar-refractivity contribution in [3.63, 3.8) is 0 Å². The van der Waals surface area contributed by atoms with Gasteiger partial charge in [0, 0.05) is 10.5 Å². The van der Waals surface area contributed by atoms with Gasteiger partial charge in [-0.25, -0.2) is 0 Å². The van der Waals surface area contributed by atoms with Crippen molar-refractivity contribution < 1.29 is 0 Å². The summed E-state index contributed by atoms with van der Waals surface area (Å²) in [5.41, 5.74) is 1.44. The van der Waals surface area contributed by atoms with E-state index < -0.39 is 0 Å². The molecule has 21 heavy (non-hydrogen) atoms. The second kappa shape index (κ2) is 7.95. The Morgan fingerprint density at radius 1 is 0.952 bits per heavy atom. The minimum absolute atomic E-state index is 0.443. The van der Waals surface area contributed by atoms with E-state index in [9.17, 15) is 0 Å². The van der Waals surface area contributed by atoms with E-state index in [0.29, 0.717) is 12.0 Å². The Morgan fingerprint density at radius 2 is 1.62 bits per heavy atom. The second-order valence-electron chi connectivity index (χ2n) is 5.69. The standard InChI is InChI=1S/C19H26BrN/c1-4-13-21-19(14(5-2)6-3)17-11-12-18(20)16-10-8-7-9-15(16)17/h7-12,14,19,21H,4-6,13H2,1-3H3. The molecule has 0 aliphatic heterocycles. The highest BCUT2D eigenvalue weighted by molar-refractivity contribution is 9.10. The van der Waals surface area contributed by atoms with Gasteiger partial charge in [0.15, 0.2) is 0 Å². The maximum Gasteiger partial charge on any atom is 0.0354 e. The van der Waals surface area contributed by atoms with Crippen molar-refractivity contribution in [1.29, 1.82) is 0 Å². The van der Waals surface area contributed by atoms with Crippen LogP contribution in [0.2, 0.25) is 0 Å². The summed E-state index contributed by atoms with van der Waals surface area (Å²) in [5, 5.41) is 6.46. The molecule has 0 fully saturated rings. The van der Waals surface area contributed by atoms with Gasteiger partial charge in [0.05, 0.1) is 0 Å². The quantitative estimate of drug-likeness (QED) is 0.639. The zero-order valence-electron chi connectivity index (χ0n) is 13.3. The van der Waals surface area contributed by atoms with Crippen LogP contribution in [0, 0.1) is 5.92 Å². The van der Waals surface area contributed by atoms with Crippen molar-refractivity contribution in [2.24, 2.45) is 5.92 Å². The smallest absolute Gasteiger partial charge is 0.0354 e. The molecule has 1 atom stereocenters. The number of nitrogens with one attached hydrogen (secondary N) is 1. The molecule has 0 saturated heterocycles. The van der Waals surface area contributed by atoms with Crippen LogP contribution in [0.25, 0.3) is 10.8 Å². The summed E-state index contributed by atoms with van der Waals surface area (Å²) >= 11 is 3.68. The highest BCUT2D eigenvalue weighted by atomic mass is 79.9. The number of benzene rings is 2. The molecule has 0 aromatic heterocycles. The predicted octanol–water partition coefficient (Wildman–Crippen LogP) is 6.08. The Bertz CT molecular complexity index is 575. The van der Waals surface area contributed by atoms with Crippen LogP contribution in [0.1, 0.15) is 51.6 Å². The third kappa shape index (κ3) is 3.67. The Labute approximate surface area is 137 Å². The monoisotopic (exact) mass is 347 g/mol. The average Bonchev–Trinajstić information content (AvgIpc) is 2.53. The van der Waals surface area contributed by atoms with Crippen molar-refractivity contribution >= 4 is 26.7 Å². The molecule has 0 heterocycles. The van der Waals surface area contributed by atoms with Gasteiger partial charge in [0.25, 0.3) is 0 Å². The average molecular weight is 348 g/mol. The molecule has 114 valence electrons. The molecule has 0 aliphatic carbocycles. The maximum atomic E-state index is 3.78. The SMILES string of the molecule is CCCNC(c1ccc(Br)c2ccccc12)C(CC)CC. The largest absolute Gasteiger partial charge is 0.310 e. The van der Waals surface area contributed by atoms with Crippen LogP contribution in [-0.4, -0.2) is 6.54 Å². The summed E-state index contributed by atoms with van der Waals surface area (Å²) in [6, 6.07) is 13.6. The molecule has 0 radical (unpaired) electrons. The summed E-state index contributed by atoms with van der Waals surface area (Å²) in [4.78, 5) is 0. The molecular formula is C19H26BrN. The van der Waals surface area contributed by atoms with Crippen LogP contribution in [0.4, 0.5) is 0 Å². The van der Waals surface area contributed by atoms with Gasteiger partial charge >= 0.3 is 0 Å². The molecule has 1 unspecified atom stereocenters. The lowest BCUT2D eigenvalue weighted by atomic mass is 9.86. The zero-order chi connectivity index (χ0) is 15.2. The van der Waals surface area contributed by atoms with E-state index >= 15 is 0 Å². The summed E-state index contributed by atoms with van der Waals surface area (Å²) < 4.78 is 1.18.